The number of aromatic nitrogens is 2. The summed E-state index contributed by atoms with van der Waals surface area (Å²) < 4.78 is 11.4. The van der Waals surface area contributed by atoms with E-state index < -0.39 is 65.8 Å². The number of pyridine rings is 2. The first kappa shape index (κ1) is 29.9. The van der Waals surface area contributed by atoms with E-state index in [0.29, 0.717) is 18.4 Å². The van der Waals surface area contributed by atoms with Gasteiger partial charge in [-0.25, -0.2) is 9.78 Å². The van der Waals surface area contributed by atoms with Crippen molar-refractivity contribution in [3.8, 4) is 5.75 Å². The van der Waals surface area contributed by atoms with Crippen LogP contribution in [0.4, 0.5) is 0 Å². The van der Waals surface area contributed by atoms with Crippen molar-refractivity contribution >= 4 is 23.8 Å². The predicted octanol–water partition coefficient (Wildman–Crippen LogP) is 1.44. The third-order valence-electron chi connectivity index (χ3n) is 7.70. The third kappa shape index (κ3) is 7.37. The molecule has 3 heterocycles. The SMILES string of the molecule is C[C@H]1OC(=O)C(C2CCCCC2)OC(=O)[C@H](C)[C@H](O)[C@H](Cc2cccnc2)NC(=O)[C@H]1NC(=O)c1ncccc1O. The van der Waals surface area contributed by atoms with Crippen molar-refractivity contribution in [2.45, 2.75) is 82.8 Å². The van der Waals surface area contributed by atoms with Crippen molar-refractivity contribution in [3.63, 3.8) is 0 Å². The van der Waals surface area contributed by atoms with Gasteiger partial charge >= 0.3 is 11.9 Å². The van der Waals surface area contributed by atoms with Gasteiger partial charge in [0.05, 0.1) is 18.1 Å². The molecule has 41 heavy (non-hydrogen) atoms. The molecule has 0 bridgehead atoms. The van der Waals surface area contributed by atoms with Crippen molar-refractivity contribution in [1.82, 2.24) is 20.6 Å². The van der Waals surface area contributed by atoms with E-state index in [-0.39, 0.29) is 18.0 Å². The Hall–Kier alpha value is -4.06. The largest absolute Gasteiger partial charge is 0.505 e. The van der Waals surface area contributed by atoms with Crippen LogP contribution in [-0.4, -0.2) is 74.3 Å². The van der Waals surface area contributed by atoms with Gasteiger partial charge in [-0.3, -0.25) is 19.4 Å². The van der Waals surface area contributed by atoms with E-state index in [1.807, 2.05) is 0 Å². The lowest BCUT2D eigenvalue weighted by molar-refractivity contribution is -0.182. The number of cyclic esters (lactones) is 2. The number of carbonyl (C=O) groups excluding carboxylic acids is 4. The Morgan fingerprint density at radius 1 is 1.05 bits per heavy atom. The molecule has 12 nitrogen and oxygen atoms in total. The minimum absolute atomic E-state index is 0.111. The lowest BCUT2D eigenvalue weighted by Crippen LogP contribution is -2.59. The summed E-state index contributed by atoms with van der Waals surface area (Å²) in [6, 6.07) is 3.75. The summed E-state index contributed by atoms with van der Waals surface area (Å²) in [4.78, 5) is 61.2. The molecule has 6 atom stereocenters. The average Bonchev–Trinajstić information content (AvgIpc) is 2.97. The predicted molar refractivity (Wildman–Crippen MR) is 144 cm³/mol. The number of rotatable bonds is 5. The summed E-state index contributed by atoms with van der Waals surface area (Å²) in [5.41, 5.74) is 0.364. The van der Waals surface area contributed by atoms with E-state index in [4.69, 9.17) is 9.47 Å². The molecule has 1 aliphatic carbocycles. The molecule has 2 aromatic heterocycles. The molecule has 1 saturated carbocycles. The summed E-state index contributed by atoms with van der Waals surface area (Å²) in [5.74, 6) is -5.03. The lowest BCUT2D eigenvalue weighted by Gasteiger charge is -2.35. The fraction of sp³-hybridized carbons (Fsp3) is 0.517. The highest BCUT2D eigenvalue weighted by Gasteiger charge is 2.42. The number of ether oxygens (including phenoxy) is 2. The average molecular weight is 569 g/mol. The molecule has 4 rings (SSSR count). The molecule has 2 fully saturated rings. The van der Waals surface area contributed by atoms with Gasteiger partial charge in [0.15, 0.2) is 5.69 Å². The first-order valence-corrected chi connectivity index (χ1v) is 13.9. The van der Waals surface area contributed by atoms with Gasteiger partial charge < -0.3 is 30.3 Å². The number of nitrogens with zero attached hydrogens (tertiary/aromatic N) is 2. The van der Waals surface area contributed by atoms with Crippen molar-refractivity contribution in [3.05, 3.63) is 54.1 Å². The first-order valence-electron chi connectivity index (χ1n) is 13.9. The quantitative estimate of drug-likeness (QED) is 0.386. The molecule has 4 N–H and O–H groups in total. The smallest absolute Gasteiger partial charge is 0.348 e. The zero-order chi connectivity index (χ0) is 29.5. The summed E-state index contributed by atoms with van der Waals surface area (Å²) in [5, 5.41) is 26.6. The second kappa shape index (κ2) is 13.5. The number of carbonyl (C=O) groups is 4. The summed E-state index contributed by atoms with van der Waals surface area (Å²) in [7, 11) is 0. The Labute approximate surface area is 237 Å². The van der Waals surface area contributed by atoms with Crippen LogP contribution in [0, 0.1) is 11.8 Å². The van der Waals surface area contributed by atoms with Crippen LogP contribution in [0.15, 0.2) is 42.9 Å². The number of aliphatic hydroxyl groups is 1. The highest BCUT2D eigenvalue weighted by atomic mass is 16.6. The normalized spacial score (nSPS) is 28.3. The van der Waals surface area contributed by atoms with E-state index in [0.717, 1.165) is 19.3 Å². The fourth-order valence-corrected chi connectivity index (χ4v) is 5.29. The van der Waals surface area contributed by atoms with Crippen LogP contribution in [0.2, 0.25) is 0 Å². The van der Waals surface area contributed by atoms with Crippen LogP contribution in [0.1, 0.15) is 62.0 Å². The molecule has 2 aromatic rings. The zero-order valence-corrected chi connectivity index (χ0v) is 23.1. The molecule has 1 unspecified atom stereocenters. The maximum Gasteiger partial charge on any atom is 0.348 e. The van der Waals surface area contributed by atoms with Gasteiger partial charge in [0, 0.05) is 24.5 Å². The Bertz CT molecular complexity index is 1240. The van der Waals surface area contributed by atoms with E-state index in [2.05, 4.69) is 20.6 Å². The highest BCUT2D eigenvalue weighted by molar-refractivity contribution is 5.98. The molecule has 0 spiro atoms. The molecule has 2 aliphatic rings. The second-order valence-corrected chi connectivity index (χ2v) is 10.7. The van der Waals surface area contributed by atoms with Crippen LogP contribution in [-0.2, 0) is 30.3 Å². The Balaban J connectivity index is 1.68. The molecule has 1 saturated heterocycles. The van der Waals surface area contributed by atoms with Crippen molar-refractivity contribution < 1.29 is 38.9 Å². The molecule has 220 valence electrons. The molecular formula is C29H36N4O8. The van der Waals surface area contributed by atoms with Gasteiger partial charge in [-0.2, -0.15) is 0 Å². The number of hydrogen-bond acceptors (Lipinski definition) is 10. The maximum atomic E-state index is 13.7. The number of hydrogen-bond donors (Lipinski definition) is 4. The van der Waals surface area contributed by atoms with Gasteiger partial charge in [0.25, 0.3) is 5.91 Å². The molecule has 1 aliphatic heterocycles. The van der Waals surface area contributed by atoms with Crippen LogP contribution in [0.3, 0.4) is 0 Å². The van der Waals surface area contributed by atoms with Crippen LogP contribution >= 0.6 is 0 Å². The van der Waals surface area contributed by atoms with E-state index >= 15 is 0 Å². The van der Waals surface area contributed by atoms with E-state index in [1.54, 1.807) is 24.5 Å². The van der Waals surface area contributed by atoms with Crippen LogP contribution in [0.5, 0.6) is 5.75 Å². The van der Waals surface area contributed by atoms with Crippen molar-refractivity contribution in [2.24, 2.45) is 11.8 Å². The van der Waals surface area contributed by atoms with Crippen LogP contribution in [0.25, 0.3) is 0 Å². The molecular weight excluding hydrogens is 532 g/mol. The Morgan fingerprint density at radius 3 is 2.46 bits per heavy atom. The number of aromatic hydroxyl groups is 1. The molecule has 0 radical (unpaired) electrons. The number of esters is 2. The van der Waals surface area contributed by atoms with Gasteiger partial charge in [0.1, 0.15) is 17.9 Å². The minimum atomic E-state index is -1.44. The van der Waals surface area contributed by atoms with Crippen molar-refractivity contribution in [2.75, 3.05) is 0 Å². The Kier molecular flexibility index (Phi) is 9.87. The van der Waals surface area contributed by atoms with Gasteiger partial charge in [-0.05, 0) is 56.9 Å². The van der Waals surface area contributed by atoms with Crippen molar-refractivity contribution in [1.29, 1.82) is 0 Å². The topological polar surface area (TPSA) is 177 Å². The van der Waals surface area contributed by atoms with Crippen LogP contribution < -0.4 is 10.6 Å². The third-order valence-corrected chi connectivity index (χ3v) is 7.70. The van der Waals surface area contributed by atoms with E-state index in [1.165, 1.54) is 32.2 Å². The Morgan fingerprint density at radius 2 is 1.78 bits per heavy atom. The van der Waals surface area contributed by atoms with E-state index in [9.17, 15) is 29.4 Å². The van der Waals surface area contributed by atoms with Gasteiger partial charge in [0.2, 0.25) is 12.0 Å². The maximum absolute atomic E-state index is 13.7. The fourth-order valence-electron chi connectivity index (χ4n) is 5.29. The lowest BCUT2D eigenvalue weighted by atomic mass is 9.85. The first-order chi connectivity index (χ1) is 19.7. The second-order valence-electron chi connectivity index (χ2n) is 10.7. The standard InChI is InChI=1S/C29H36N4O8/c1-16-24(35)20(14-18-8-6-12-30-15-18)32-26(36)22(33-27(37)23-21(34)11-7-13-31-23)17(2)40-29(39)25(41-28(16)38)19-9-4-3-5-10-19/h6-8,11-13,15-17,19-20,22,24-25,34-35H,3-5,9-10,14H2,1-2H3,(H,32,36)(H,33,37)/t16-,17-,20+,22+,24+,25?/m1/s1. The highest BCUT2D eigenvalue weighted by Crippen LogP contribution is 2.30. The minimum Gasteiger partial charge on any atom is -0.505 e. The van der Waals surface area contributed by atoms with Gasteiger partial charge in [-0.15, -0.1) is 0 Å². The summed E-state index contributed by atoms with van der Waals surface area (Å²) in [6.45, 7) is 2.90. The zero-order valence-electron chi connectivity index (χ0n) is 23.1. The molecule has 2 amide bonds. The summed E-state index contributed by atoms with van der Waals surface area (Å²) >= 11 is 0. The molecule has 0 aromatic carbocycles. The number of amides is 2. The molecule has 12 heteroatoms. The summed E-state index contributed by atoms with van der Waals surface area (Å²) in [6.07, 6.45) is 4.77. The van der Waals surface area contributed by atoms with Gasteiger partial charge in [-0.1, -0.05) is 25.3 Å². The monoisotopic (exact) mass is 568 g/mol. The number of nitrogens with one attached hydrogen (secondary N) is 2. The number of aliphatic hydroxyl groups excluding tert-OH is 1.